The van der Waals surface area contributed by atoms with Crippen LogP contribution in [-0.4, -0.2) is 18.1 Å². The number of nitrogens with zero attached hydrogens (tertiary/aromatic N) is 1. The van der Waals surface area contributed by atoms with Gasteiger partial charge >= 0.3 is 0 Å². The fraction of sp³-hybridized carbons (Fsp3) is 0.438. The first kappa shape index (κ1) is 12.3. The Morgan fingerprint density at radius 2 is 1.95 bits per heavy atom. The third-order valence-corrected chi connectivity index (χ3v) is 4.78. The molecule has 3 nitrogen and oxygen atoms in total. The fourth-order valence-corrected chi connectivity index (χ4v) is 3.14. The third kappa shape index (κ3) is 1.54. The first-order valence-electron chi connectivity index (χ1n) is 6.73. The number of anilines is 1. The van der Waals surface area contributed by atoms with Gasteiger partial charge in [-0.2, -0.15) is 0 Å². The highest BCUT2D eigenvalue weighted by Gasteiger charge is 2.40. The molecule has 0 saturated heterocycles. The number of hydrogen-bond acceptors (Lipinski definition) is 2. The van der Waals surface area contributed by atoms with E-state index in [2.05, 4.69) is 49.8 Å². The number of aromatic amines is 1. The molecule has 1 N–H and O–H groups in total. The summed E-state index contributed by atoms with van der Waals surface area (Å²) < 4.78 is 0. The van der Waals surface area contributed by atoms with Crippen LogP contribution in [0.15, 0.2) is 23.0 Å². The minimum atomic E-state index is 0.0651. The Hall–Kier alpha value is -1.77. The number of pyridine rings is 1. The summed E-state index contributed by atoms with van der Waals surface area (Å²) in [6.45, 7) is 8.64. The summed E-state index contributed by atoms with van der Waals surface area (Å²) in [5.41, 5.74) is 4.50. The van der Waals surface area contributed by atoms with Gasteiger partial charge in [-0.15, -0.1) is 0 Å². The van der Waals surface area contributed by atoms with Crippen LogP contribution in [0, 0.1) is 6.92 Å². The highest BCUT2D eigenvalue weighted by Crippen LogP contribution is 2.45. The molecule has 0 amide bonds. The first-order valence-corrected chi connectivity index (χ1v) is 6.73. The molecule has 100 valence electrons. The van der Waals surface area contributed by atoms with Crippen LogP contribution in [0.2, 0.25) is 0 Å². The van der Waals surface area contributed by atoms with Crippen LogP contribution < -0.4 is 10.3 Å². The molecule has 3 rings (SSSR count). The molecular formula is C16H20N2O. The van der Waals surface area contributed by atoms with Gasteiger partial charge in [0.15, 0.2) is 5.43 Å². The van der Waals surface area contributed by atoms with E-state index in [9.17, 15) is 4.79 Å². The molecule has 0 radical (unpaired) electrons. The molecule has 0 fully saturated rings. The highest BCUT2D eigenvalue weighted by molar-refractivity contribution is 5.86. The van der Waals surface area contributed by atoms with Gasteiger partial charge in [-0.25, -0.2) is 0 Å². The Morgan fingerprint density at radius 3 is 2.63 bits per heavy atom. The molecular weight excluding hydrogens is 236 g/mol. The molecule has 0 aliphatic carbocycles. The zero-order valence-electron chi connectivity index (χ0n) is 12.2. The number of H-pyrrole nitrogens is 1. The van der Waals surface area contributed by atoms with E-state index in [1.807, 2.05) is 6.92 Å². The maximum atomic E-state index is 12.1. The molecule has 1 aromatic heterocycles. The van der Waals surface area contributed by atoms with Crippen LogP contribution in [0.3, 0.4) is 0 Å². The van der Waals surface area contributed by atoms with E-state index in [1.165, 1.54) is 11.3 Å². The van der Waals surface area contributed by atoms with Crippen molar-refractivity contribution in [3.8, 4) is 0 Å². The summed E-state index contributed by atoms with van der Waals surface area (Å²) in [6.07, 6.45) is 0. The maximum Gasteiger partial charge on any atom is 0.189 e. The van der Waals surface area contributed by atoms with Crippen LogP contribution in [0.1, 0.15) is 32.0 Å². The topological polar surface area (TPSA) is 36.1 Å². The van der Waals surface area contributed by atoms with Crippen molar-refractivity contribution in [2.45, 2.75) is 39.2 Å². The minimum Gasteiger partial charge on any atom is -0.371 e. The van der Waals surface area contributed by atoms with Crippen molar-refractivity contribution in [1.29, 1.82) is 0 Å². The van der Waals surface area contributed by atoms with Crippen molar-refractivity contribution < 1.29 is 0 Å². The number of hydrogen-bond donors (Lipinski definition) is 1. The predicted octanol–water partition coefficient (Wildman–Crippen LogP) is 2.95. The van der Waals surface area contributed by atoms with Crippen molar-refractivity contribution in [3.05, 3.63) is 39.7 Å². The van der Waals surface area contributed by atoms with Crippen LogP contribution in [-0.2, 0) is 5.41 Å². The second kappa shape index (κ2) is 3.62. The molecule has 0 saturated carbocycles. The molecule has 1 aliphatic rings. The Labute approximate surface area is 113 Å². The third-order valence-electron chi connectivity index (χ3n) is 4.78. The van der Waals surface area contributed by atoms with E-state index in [0.29, 0.717) is 6.04 Å². The summed E-state index contributed by atoms with van der Waals surface area (Å²) in [7, 11) is 2.12. The zero-order chi connectivity index (χ0) is 13.9. The highest BCUT2D eigenvalue weighted by atomic mass is 16.1. The molecule has 19 heavy (non-hydrogen) atoms. The number of fused-ring (bicyclic) bond motifs is 2. The smallest absolute Gasteiger partial charge is 0.189 e. The van der Waals surface area contributed by atoms with Gasteiger partial charge in [-0.3, -0.25) is 4.79 Å². The standard InChI is InChI=1S/C16H20N2O/c1-9-6-15(19)11-7-12-14(8-13(11)17-9)18(5)10(2)16(12,3)4/h6-8,10H,1-5H3,(H,17,19). The maximum absolute atomic E-state index is 12.1. The number of rotatable bonds is 0. The van der Waals surface area contributed by atoms with Crippen molar-refractivity contribution in [2.24, 2.45) is 0 Å². The number of likely N-dealkylation sites (N-methyl/N-ethyl adjacent to an activating group) is 1. The largest absolute Gasteiger partial charge is 0.371 e. The van der Waals surface area contributed by atoms with Crippen LogP contribution in [0.25, 0.3) is 10.9 Å². The second-order valence-electron chi connectivity index (χ2n) is 6.24. The van der Waals surface area contributed by atoms with Gasteiger partial charge in [0, 0.05) is 41.3 Å². The normalized spacial score (nSPS) is 20.9. The molecule has 1 aromatic carbocycles. The van der Waals surface area contributed by atoms with Crippen LogP contribution in [0.5, 0.6) is 0 Å². The van der Waals surface area contributed by atoms with Crippen molar-refractivity contribution in [1.82, 2.24) is 4.98 Å². The summed E-state index contributed by atoms with van der Waals surface area (Å²) in [5.74, 6) is 0. The zero-order valence-corrected chi connectivity index (χ0v) is 12.2. The van der Waals surface area contributed by atoms with Gasteiger partial charge in [0.25, 0.3) is 0 Å². The lowest BCUT2D eigenvalue weighted by molar-refractivity contribution is 0.454. The van der Waals surface area contributed by atoms with Gasteiger partial charge in [-0.05, 0) is 31.5 Å². The van der Waals surface area contributed by atoms with Gasteiger partial charge < -0.3 is 9.88 Å². The average Bonchev–Trinajstić information content (AvgIpc) is 2.49. The number of aromatic nitrogens is 1. The monoisotopic (exact) mass is 256 g/mol. The lowest BCUT2D eigenvalue weighted by Gasteiger charge is -2.28. The van der Waals surface area contributed by atoms with Crippen molar-refractivity contribution in [2.75, 3.05) is 11.9 Å². The lowest BCUT2D eigenvalue weighted by Crippen LogP contribution is -2.36. The van der Waals surface area contributed by atoms with E-state index < -0.39 is 0 Å². The number of aryl methyl sites for hydroxylation is 1. The molecule has 1 atom stereocenters. The van der Waals surface area contributed by atoms with Crippen LogP contribution in [0.4, 0.5) is 5.69 Å². The molecule has 0 bridgehead atoms. The fourth-order valence-electron chi connectivity index (χ4n) is 3.14. The van der Waals surface area contributed by atoms with Gasteiger partial charge in [0.2, 0.25) is 0 Å². The van der Waals surface area contributed by atoms with Gasteiger partial charge in [-0.1, -0.05) is 13.8 Å². The molecule has 1 aliphatic heterocycles. The number of benzene rings is 1. The van der Waals surface area contributed by atoms with Crippen molar-refractivity contribution >= 4 is 16.6 Å². The quantitative estimate of drug-likeness (QED) is 0.786. The van der Waals surface area contributed by atoms with E-state index in [4.69, 9.17) is 0 Å². The molecule has 2 heterocycles. The Morgan fingerprint density at radius 1 is 1.26 bits per heavy atom. The van der Waals surface area contributed by atoms with Crippen molar-refractivity contribution in [3.63, 3.8) is 0 Å². The molecule has 3 heteroatoms. The van der Waals surface area contributed by atoms with Gasteiger partial charge in [0.05, 0.1) is 5.52 Å². The SMILES string of the molecule is Cc1cc(=O)c2cc3c(cc2[nH]1)N(C)C(C)C3(C)C. The summed E-state index contributed by atoms with van der Waals surface area (Å²) in [6, 6.07) is 6.28. The Balaban J connectivity index is 2.40. The van der Waals surface area contributed by atoms with E-state index in [-0.39, 0.29) is 10.8 Å². The average molecular weight is 256 g/mol. The first-order chi connectivity index (χ1) is 8.82. The minimum absolute atomic E-state index is 0.0651. The van der Waals surface area contributed by atoms with E-state index >= 15 is 0 Å². The summed E-state index contributed by atoms with van der Waals surface area (Å²) >= 11 is 0. The summed E-state index contributed by atoms with van der Waals surface area (Å²) in [4.78, 5) is 17.7. The lowest BCUT2D eigenvalue weighted by atomic mass is 9.81. The molecule has 2 aromatic rings. The van der Waals surface area contributed by atoms with E-state index in [0.717, 1.165) is 16.6 Å². The Bertz CT molecular complexity index is 727. The number of nitrogens with one attached hydrogen (secondary N) is 1. The summed E-state index contributed by atoms with van der Waals surface area (Å²) in [5, 5.41) is 0.792. The Kier molecular flexibility index (Phi) is 2.34. The predicted molar refractivity (Wildman–Crippen MR) is 80.2 cm³/mol. The van der Waals surface area contributed by atoms with E-state index in [1.54, 1.807) is 6.07 Å². The van der Waals surface area contributed by atoms with Crippen LogP contribution >= 0.6 is 0 Å². The van der Waals surface area contributed by atoms with Gasteiger partial charge in [0.1, 0.15) is 0 Å². The molecule has 1 unspecified atom stereocenters. The second-order valence-corrected chi connectivity index (χ2v) is 6.24. The molecule has 0 spiro atoms.